The van der Waals surface area contributed by atoms with E-state index in [1.807, 2.05) is 21.0 Å². The molecule has 0 aromatic heterocycles. The van der Waals surface area contributed by atoms with Gasteiger partial charge in [-0.2, -0.15) is 17.0 Å². The van der Waals surface area contributed by atoms with Gasteiger partial charge in [0.05, 0.1) is 0 Å². The van der Waals surface area contributed by atoms with Crippen molar-refractivity contribution in [1.82, 2.24) is 18.8 Å². The molecule has 0 amide bonds. The number of likely N-dealkylation sites (N-methyl/N-ethyl adjacent to an activating group) is 1. The van der Waals surface area contributed by atoms with E-state index in [9.17, 15) is 8.42 Å². The normalized spacial score (nSPS) is 31.6. The first-order valence-corrected chi connectivity index (χ1v) is 8.95. The number of rotatable bonds is 4. The lowest BCUT2D eigenvalue weighted by molar-refractivity contribution is 0.155. The topological polar surface area (TPSA) is 55.9 Å². The minimum Gasteiger partial charge on any atom is -0.319 e. The molecule has 1 N–H and O–H groups in total. The summed E-state index contributed by atoms with van der Waals surface area (Å²) in [6.07, 6.45) is 2.08. The minimum absolute atomic E-state index is 0.0587. The van der Waals surface area contributed by atoms with Gasteiger partial charge >= 0.3 is 0 Å². The van der Waals surface area contributed by atoms with Gasteiger partial charge in [0.2, 0.25) is 0 Å². The molecule has 2 saturated heterocycles. The standard InChI is InChI=1S/C13H28N4O2S/c1-12-10-15(3)7-8-17(12)20(18,19)16-6-4-5-13(11-16)9-14-2/h12-14H,4-11H2,1-3H3. The van der Waals surface area contributed by atoms with Crippen LogP contribution in [0, 0.1) is 5.92 Å². The van der Waals surface area contributed by atoms with Crippen molar-refractivity contribution < 1.29 is 8.42 Å². The molecule has 0 saturated carbocycles. The first-order chi connectivity index (χ1) is 9.45. The molecule has 0 bridgehead atoms. The first kappa shape index (κ1) is 16.2. The summed E-state index contributed by atoms with van der Waals surface area (Å²) in [6.45, 7) is 6.45. The van der Waals surface area contributed by atoms with E-state index in [1.54, 1.807) is 8.61 Å². The summed E-state index contributed by atoms with van der Waals surface area (Å²) >= 11 is 0. The summed E-state index contributed by atoms with van der Waals surface area (Å²) in [5.74, 6) is 0.436. The Morgan fingerprint density at radius 2 is 1.95 bits per heavy atom. The Labute approximate surface area is 123 Å². The zero-order chi connectivity index (χ0) is 14.8. The fourth-order valence-corrected chi connectivity index (χ4v) is 5.20. The number of piperazine rings is 1. The number of hydrogen-bond acceptors (Lipinski definition) is 4. The summed E-state index contributed by atoms with van der Waals surface area (Å²) in [6, 6.07) is 0.0587. The van der Waals surface area contributed by atoms with Gasteiger partial charge in [-0.3, -0.25) is 0 Å². The van der Waals surface area contributed by atoms with E-state index in [4.69, 9.17) is 0 Å². The third kappa shape index (κ3) is 3.51. The van der Waals surface area contributed by atoms with Crippen LogP contribution in [-0.4, -0.2) is 81.3 Å². The number of nitrogens with one attached hydrogen (secondary N) is 1. The van der Waals surface area contributed by atoms with E-state index in [2.05, 4.69) is 10.2 Å². The van der Waals surface area contributed by atoms with Crippen LogP contribution in [0.5, 0.6) is 0 Å². The van der Waals surface area contributed by atoms with Gasteiger partial charge in [0, 0.05) is 38.8 Å². The van der Waals surface area contributed by atoms with Crippen LogP contribution < -0.4 is 5.32 Å². The van der Waals surface area contributed by atoms with Gasteiger partial charge < -0.3 is 10.2 Å². The first-order valence-electron chi connectivity index (χ1n) is 7.55. The minimum atomic E-state index is -3.30. The van der Waals surface area contributed by atoms with Crippen molar-refractivity contribution in [2.45, 2.75) is 25.8 Å². The Hall–Kier alpha value is -0.210. The lowest BCUT2D eigenvalue weighted by atomic mass is 10.00. The molecule has 2 aliphatic rings. The SMILES string of the molecule is CNCC1CCCN(S(=O)(=O)N2CCN(C)CC2C)C1. The van der Waals surface area contributed by atoms with Crippen LogP contribution in [0.1, 0.15) is 19.8 Å². The molecule has 0 radical (unpaired) electrons. The molecule has 0 aromatic carbocycles. The van der Waals surface area contributed by atoms with E-state index in [0.717, 1.165) is 32.5 Å². The maximum atomic E-state index is 12.8. The van der Waals surface area contributed by atoms with Gasteiger partial charge in [-0.15, -0.1) is 0 Å². The Kier molecular flexibility index (Phi) is 5.42. The lowest BCUT2D eigenvalue weighted by Gasteiger charge is -2.41. The third-order valence-corrected chi connectivity index (χ3v) is 6.49. The van der Waals surface area contributed by atoms with Gasteiger partial charge in [0.25, 0.3) is 10.2 Å². The van der Waals surface area contributed by atoms with E-state index in [0.29, 0.717) is 25.6 Å². The van der Waals surface area contributed by atoms with Crippen molar-refractivity contribution >= 4 is 10.2 Å². The average Bonchev–Trinajstić information content (AvgIpc) is 2.39. The molecule has 2 unspecified atom stereocenters. The maximum Gasteiger partial charge on any atom is 0.282 e. The van der Waals surface area contributed by atoms with Crippen LogP contribution in [0.25, 0.3) is 0 Å². The van der Waals surface area contributed by atoms with Crippen molar-refractivity contribution in [1.29, 1.82) is 0 Å². The van der Waals surface area contributed by atoms with Crippen molar-refractivity contribution in [2.24, 2.45) is 5.92 Å². The Balaban J connectivity index is 2.05. The molecule has 2 rings (SSSR count). The second-order valence-electron chi connectivity index (χ2n) is 6.15. The second kappa shape index (κ2) is 6.70. The molecular weight excluding hydrogens is 276 g/mol. The molecule has 2 aliphatic heterocycles. The third-order valence-electron chi connectivity index (χ3n) is 4.37. The van der Waals surface area contributed by atoms with Gasteiger partial charge in [-0.05, 0) is 46.3 Å². The predicted molar refractivity (Wildman–Crippen MR) is 80.8 cm³/mol. The fraction of sp³-hybridized carbons (Fsp3) is 1.00. The summed E-state index contributed by atoms with van der Waals surface area (Å²) in [5, 5.41) is 3.16. The van der Waals surface area contributed by atoms with Crippen molar-refractivity contribution in [2.75, 3.05) is 53.4 Å². The van der Waals surface area contributed by atoms with E-state index in [1.165, 1.54) is 0 Å². The highest BCUT2D eigenvalue weighted by Crippen LogP contribution is 2.23. The second-order valence-corrected chi connectivity index (χ2v) is 8.03. The zero-order valence-electron chi connectivity index (χ0n) is 12.9. The summed E-state index contributed by atoms with van der Waals surface area (Å²) in [4.78, 5) is 2.19. The Morgan fingerprint density at radius 3 is 2.60 bits per heavy atom. The Bertz CT molecular complexity index is 413. The number of piperidine rings is 1. The monoisotopic (exact) mass is 304 g/mol. The molecule has 2 fully saturated rings. The molecular formula is C13H28N4O2S. The highest BCUT2D eigenvalue weighted by molar-refractivity contribution is 7.86. The molecule has 6 nitrogen and oxygen atoms in total. The van der Waals surface area contributed by atoms with E-state index < -0.39 is 10.2 Å². The predicted octanol–water partition coefficient (Wildman–Crippen LogP) is -0.201. The molecule has 0 aromatic rings. The molecule has 2 atom stereocenters. The van der Waals surface area contributed by atoms with Gasteiger partial charge in [-0.25, -0.2) is 0 Å². The van der Waals surface area contributed by atoms with Crippen molar-refractivity contribution in [3.8, 4) is 0 Å². The van der Waals surface area contributed by atoms with Crippen LogP contribution in [0.3, 0.4) is 0 Å². The summed E-state index contributed by atoms with van der Waals surface area (Å²) in [5.41, 5.74) is 0. The van der Waals surface area contributed by atoms with Crippen LogP contribution in [-0.2, 0) is 10.2 Å². The molecule has 0 spiro atoms. The van der Waals surface area contributed by atoms with Gasteiger partial charge in [0.15, 0.2) is 0 Å². The molecule has 118 valence electrons. The summed E-state index contributed by atoms with van der Waals surface area (Å²) in [7, 11) is 0.676. The van der Waals surface area contributed by atoms with Crippen LogP contribution in [0.2, 0.25) is 0 Å². The quantitative estimate of drug-likeness (QED) is 0.781. The largest absolute Gasteiger partial charge is 0.319 e. The van der Waals surface area contributed by atoms with Crippen molar-refractivity contribution in [3.05, 3.63) is 0 Å². The molecule has 2 heterocycles. The smallest absolute Gasteiger partial charge is 0.282 e. The molecule has 7 heteroatoms. The molecule has 20 heavy (non-hydrogen) atoms. The molecule has 0 aliphatic carbocycles. The number of nitrogens with zero attached hydrogens (tertiary/aromatic N) is 3. The lowest BCUT2D eigenvalue weighted by Crippen LogP contribution is -2.58. The van der Waals surface area contributed by atoms with E-state index in [-0.39, 0.29) is 6.04 Å². The van der Waals surface area contributed by atoms with Crippen molar-refractivity contribution in [3.63, 3.8) is 0 Å². The van der Waals surface area contributed by atoms with Gasteiger partial charge in [-0.1, -0.05) is 0 Å². The van der Waals surface area contributed by atoms with Crippen LogP contribution in [0.15, 0.2) is 0 Å². The number of hydrogen-bond donors (Lipinski definition) is 1. The maximum absolute atomic E-state index is 12.8. The average molecular weight is 304 g/mol. The van der Waals surface area contributed by atoms with Gasteiger partial charge in [0.1, 0.15) is 0 Å². The van der Waals surface area contributed by atoms with E-state index >= 15 is 0 Å². The zero-order valence-corrected chi connectivity index (χ0v) is 13.7. The summed E-state index contributed by atoms with van der Waals surface area (Å²) < 4.78 is 29.0. The van der Waals surface area contributed by atoms with Crippen LogP contribution in [0.4, 0.5) is 0 Å². The Morgan fingerprint density at radius 1 is 1.20 bits per heavy atom. The highest BCUT2D eigenvalue weighted by atomic mass is 32.2. The highest BCUT2D eigenvalue weighted by Gasteiger charge is 2.37. The van der Waals surface area contributed by atoms with Crippen LogP contribution >= 0.6 is 0 Å². The fourth-order valence-electron chi connectivity index (χ4n) is 3.31.